The number of hydrogen-bond acceptors (Lipinski definition) is 8. The molecular formula is C34H48N8O2. The van der Waals surface area contributed by atoms with E-state index in [0.717, 1.165) is 93.9 Å². The van der Waals surface area contributed by atoms with Gasteiger partial charge < -0.3 is 20.9 Å². The molecule has 2 saturated heterocycles. The van der Waals surface area contributed by atoms with Crippen LogP contribution in [0.5, 0.6) is 0 Å². The first-order chi connectivity index (χ1) is 21.2. The van der Waals surface area contributed by atoms with Crippen LogP contribution in [-0.2, 0) is 35.8 Å². The molecule has 236 valence electrons. The Bertz CT molecular complexity index is 1310. The SMILES string of the molecule is CC(=O)NCc1ccc(CN2CCN(c3nc(C)cc(C)n3)CC2)cc1.CC(=O)NCc1ccc(CN2CCNCC2)cc1. The van der Waals surface area contributed by atoms with Crippen LogP contribution in [0.2, 0.25) is 0 Å². The van der Waals surface area contributed by atoms with Gasteiger partial charge in [-0.05, 0) is 42.2 Å². The van der Waals surface area contributed by atoms with Crippen molar-refractivity contribution < 1.29 is 9.59 Å². The van der Waals surface area contributed by atoms with Crippen molar-refractivity contribution in [2.75, 3.05) is 57.3 Å². The third-order valence-electron chi connectivity index (χ3n) is 7.78. The van der Waals surface area contributed by atoms with Gasteiger partial charge >= 0.3 is 0 Å². The number of aromatic nitrogens is 2. The molecule has 3 N–H and O–H groups in total. The minimum absolute atomic E-state index is 0.000249. The van der Waals surface area contributed by atoms with Gasteiger partial charge in [0.15, 0.2) is 0 Å². The predicted molar refractivity (Wildman–Crippen MR) is 175 cm³/mol. The standard InChI is InChI=1S/C20H27N5O.C14H21N3O/c1-15-12-16(2)23-20(22-15)25-10-8-24(9-11-25)14-19-6-4-18(5-7-19)13-21-17(3)26;1-12(18)16-10-13-2-4-14(5-3-13)11-17-8-6-15-7-9-17/h4-7,12H,8-11,13-14H2,1-3H3,(H,21,26);2-5,15H,6-11H2,1H3,(H,16,18). The van der Waals surface area contributed by atoms with Gasteiger partial charge in [-0.1, -0.05) is 48.5 Å². The normalized spacial score (nSPS) is 15.7. The number of carbonyl (C=O) groups is 2. The number of nitrogens with zero attached hydrogens (tertiary/aromatic N) is 5. The zero-order valence-electron chi connectivity index (χ0n) is 26.7. The summed E-state index contributed by atoms with van der Waals surface area (Å²) >= 11 is 0. The van der Waals surface area contributed by atoms with Crippen molar-refractivity contribution >= 4 is 17.8 Å². The van der Waals surface area contributed by atoms with Crippen molar-refractivity contribution in [1.82, 2.24) is 35.7 Å². The van der Waals surface area contributed by atoms with Crippen molar-refractivity contribution in [2.24, 2.45) is 0 Å². The molecule has 0 unspecified atom stereocenters. The van der Waals surface area contributed by atoms with E-state index >= 15 is 0 Å². The minimum Gasteiger partial charge on any atom is -0.352 e. The predicted octanol–water partition coefficient (Wildman–Crippen LogP) is 2.78. The van der Waals surface area contributed by atoms with Gasteiger partial charge in [0.1, 0.15) is 0 Å². The Hall–Kier alpha value is -3.86. The van der Waals surface area contributed by atoms with Crippen LogP contribution in [0.15, 0.2) is 54.6 Å². The average molecular weight is 601 g/mol. The quantitative estimate of drug-likeness (QED) is 0.345. The Kier molecular flexibility index (Phi) is 12.6. The molecule has 2 aliphatic heterocycles. The third kappa shape index (κ3) is 11.3. The second-order valence-electron chi connectivity index (χ2n) is 11.7. The number of nitrogens with one attached hydrogen (secondary N) is 3. The van der Waals surface area contributed by atoms with Crippen molar-refractivity contribution in [3.8, 4) is 0 Å². The molecule has 1 aromatic heterocycles. The average Bonchev–Trinajstić information content (AvgIpc) is 3.01. The van der Waals surface area contributed by atoms with Gasteiger partial charge in [-0.15, -0.1) is 0 Å². The molecule has 2 aliphatic rings. The van der Waals surface area contributed by atoms with E-state index in [0.29, 0.717) is 13.1 Å². The lowest BCUT2D eigenvalue weighted by atomic mass is 10.1. The summed E-state index contributed by atoms with van der Waals surface area (Å²) in [6.45, 7) is 18.6. The molecule has 0 aliphatic carbocycles. The molecule has 44 heavy (non-hydrogen) atoms. The largest absolute Gasteiger partial charge is 0.352 e. The molecule has 0 spiro atoms. The summed E-state index contributed by atoms with van der Waals surface area (Å²) in [5, 5.41) is 8.98. The van der Waals surface area contributed by atoms with Gasteiger partial charge in [0, 0.05) is 104 Å². The number of amides is 2. The summed E-state index contributed by atoms with van der Waals surface area (Å²) in [6, 6.07) is 19.0. The maximum atomic E-state index is 11.0. The van der Waals surface area contributed by atoms with Crippen molar-refractivity contribution in [3.63, 3.8) is 0 Å². The van der Waals surface area contributed by atoms with Crippen molar-refractivity contribution in [3.05, 3.63) is 88.2 Å². The molecule has 2 aromatic carbocycles. The van der Waals surface area contributed by atoms with Crippen LogP contribution in [0, 0.1) is 13.8 Å². The number of benzene rings is 2. The van der Waals surface area contributed by atoms with Crippen LogP contribution in [0.1, 0.15) is 47.5 Å². The second kappa shape index (κ2) is 16.8. The van der Waals surface area contributed by atoms with Crippen molar-refractivity contribution in [2.45, 2.75) is 53.9 Å². The monoisotopic (exact) mass is 600 g/mol. The Labute approximate surface area is 262 Å². The zero-order chi connectivity index (χ0) is 31.3. The highest BCUT2D eigenvalue weighted by atomic mass is 16.2. The first-order valence-corrected chi connectivity index (χ1v) is 15.6. The lowest BCUT2D eigenvalue weighted by Crippen LogP contribution is -2.46. The lowest BCUT2D eigenvalue weighted by Gasteiger charge is -2.35. The topological polar surface area (TPSA) is 106 Å². The molecule has 2 fully saturated rings. The van der Waals surface area contributed by atoms with Crippen LogP contribution in [0.4, 0.5) is 5.95 Å². The first-order valence-electron chi connectivity index (χ1n) is 15.6. The first kappa shape index (κ1) is 33.0. The summed E-state index contributed by atoms with van der Waals surface area (Å²) in [5.74, 6) is 0.865. The molecule has 5 rings (SSSR count). The maximum absolute atomic E-state index is 11.0. The molecular weight excluding hydrogens is 552 g/mol. The molecule has 3 heterocycles. The summed E-state index contributed by atoms with van der Waals surface area (Å²) in [7, 11) is 0. The number of aryl methyl sites for hydroxylation is 2. The van der Waals surface area contributed by atoms with Crippen molar-refractivity contribution in [1.29, 1.82) is 0 Å². The Morgan fingerprint density at radius 3 is 1.50 bits per heavy atom. The number of carbonyl (C=O) groups excluding carboxylic acids is 2. The van der Waals surface area contributed by atoms with Gasteiger partial charge in [0.2, 0.25) is 17.8 Å². The fourth-order valence-corrected chi connectivity index (χ4v) is 5.32. The maximum Gasteiger partial charge on any atom is 0.225 e. The number of rotatable bonds is 9. The molecule has 0 saturated carbocycles. The molecule has 0 atom stereocenters. The van der Waals surface area contributed by atoms with E-state index < -0.39 is 0 Å². The summed E-state index contributed by atoms with van der Waals surface area (Å²) in [6.07, 6.45) is 0. The van der Waals surface area contributed by atoms with Crippen LogP contribution in [-0.4, -0.2) is 83.9 Å². The smallest absolute Gasteiger partial charge is 0.225 e. The van der Waals surface area contributed by atoms with E-state index in [1.54, 1.807) is 6.92 Å². The zero-order valence-corrected chi connectivity index (χ0v) is 26.7. The fourth-order valence-electron chi connectivity index (χ4n) is 5.32. The molecule has 3 aromatic rings. The summed E-state index contributed by atoms with van der Waals surface area (Å²) in [5.41, 5.74) is 6.95. The minimum atomic E-state index is -0.000249. The van der Waals surface area contributed by atoms with Crippen LogP contribution < -0.4 is 20.9 Å². The molecule has 0 radical (unpaired) electrons. The fraction of sp³-hybridized carbons (Fsp3) is 0.471. The molecule has 2 amide bonds. The van der Waals surface area contributed by atoms with Gasteiger partial charge in [0.25, 0.3) is 0 Å². The van der Waals surface area contributed by atoms with E-state index in [2.05, 4.69) is 89.1 Å². The Morgan fingerprint density at radius 2 is 1.07 bits per heavy atom. The van der Waals surface area contributed by atoms with Gasteiger partial charge in [0.05, 0.1) is 0 Å². The molecule has 0 bridgehead atoms. The lowest BCUT2D eigenvalue weighted by molar-refractivity contribution is -0.120. The highest BCUT2D eigenvalue weighted by molar-refractivity contribution is 5.73. The summed E-state index contributed by atoms with van der Waals surface area (Å²) in [4.78, 5) is 38.1. The van der Waals surface area contributed by atoms with Crippen LogP contribution in [0.3, 0.4) is 0 Å². The van der Waals surface area contributed by atoms with Crippen LogP contribution in [0.25, 0.3) is 0 Å². The van der Waals surface area contributed by atoms with Gasteiger partial charge in [-0.3, -0.25) is 19.4 Å². The summed E-state index contributed by atoms with van der Waals surface area (Å²) < 4.78 is 0. The highest BCUT2D eigenvalue weighted by Crippen LogP contribution is 2.15. The van der Waals surface area contributed by atoms with E-state index in [4.69, 9.17) is 0 Å². The van der Waals surface area contributed by atoms with E-state index in [-0.39, 0.29) is 11.8 Å². The molecule has 10 heteroatoms. The van der Waals surface area contributed by atoms with E-state index in [1.807, 2.05) is 19.9 Å². The second-order valence-corrected chi connectivity index (χ2v) is 11.7. The molecule has 10 nitrogen and oxygen atoms in total. The Morgan fingerprint density at radius 1 is 0.659 bits per heavy atom. The Balaban J connectivity index is 0.000000215. The highest BCUT2D eigenvalue weighted by Gasteiger charge is 2.19. The van der Waals surface area contributed by atoms with E-state index in [9.17, 15) is 9.59 Å². The third-order valence-corrected chi connectivity index (χ3v) is 7.78. The number of hydrogen-bond donors (Lipinski definition) is 3. The number of anilines is 1. The van der Waals surface area contributed by atoms with Gasteiger partial charge in [-0.2, -0.15) is 0 Å². The van der Waals surface area contributed by atoms with Crippen LogP contribution >= 0.6 is 0 Å². The van der Waals surface area contributed by atoms with E-state index in [1.165, 1.54) is 18.1 Å². The van der Waals surface area contributed by atoms with Gasteiger partial charge in [-0.25, -0.2) is 9.97 Å². The number of piperazine rings is 2.